The number of hydrogen-bond donors (Lipinski definition) is 2. The van der Waals surface area contributed by atoms with Crippen LogP contribution in [0.4, 0.5) is 0 Å². The molecule has 0 spiro atoms. The summed E-state index contributed by atoms with van der Waals surface area (Å²) >= 11 is 5.08. The van der Waals surface area contributed by atoms with Crippen molar-refractivity contribution in [2.45, 2.75) is 25.9 Å². The fourth-order valence-corrected chi connectivity index (χ4v) is 2.73. The predicted molar refractivity (Wildman–Crippen MR) is 64.9 cm³/mol. The molecule has 0 saturated carbocycles. The van der Waals surface area contributed by atoms with E-state index in [1.165, 1.54) is 4.88 Å². The maximum atomic E-state index is 9.67. The Labute approximate surface area is 97.5 Å². The number of nitrogens with one attached hydrogen (secondary N) is 1. The summed E-state index contributed by atoms with van der Waals surface area (Å²) in [7, 11) is 0. The summed E-state index contributed by atoms with van der Waals surface area (Å²) < 4.78 is 1.10. The zero-order valence-corrected chi connectivity index (χ0v) is 10.7. The number of hydrogen-bond acceptors (Lipinski definition) is 3. The SMILES string of the molecule is CCCNCC(O)Cc1cc(Br)cs1. The lowest BCUT2D eigenvalue weighted by Gasteiger charge is -2.09. The van der Waals surface area contributed by atoms with Crippen LogP contribution in [0.2, 0.25) is 0 Å². The Morgan fingerprint density at radius 3 is 3.00 bits per heavy atom. The fourth-order valence-electron chi connectivity index (χ4n) is 1.21. The highest BCUT2D eigenvalue weighted by atomic mass is 79.9. The van der Waals surface area contributed by atoms with Gasteiger partial charge in [-0.3, -0.25) is 0 Å². The fraction of sp³-hybridized carbons (Fsp3) is 0.600. The maximum Gasteiger partial charge on any atom is 0.0712 e. The van der Waals surface area contributed by atoms with Gasteiger partial charge in [-0.1, -0.05) is 6.92 Å². The van der Waals surface area contributed by atoms with Crippen LogP contribution in [-0.4, -0.2) is 24.3 Å². The molecule has 0 radical (unpaired) electrons. The molecule has 0 aliphatic carbocycles. The van der Waals surface area contributed by atoms with E-state index in [1.807, 2.05) is 5.38 Å². The molecular formula is C10H16BrNOS. The molecule has 0 amide bonds. The zero-order valence-electron chi connectivity index (χ0n) is 8.29. The first-order chi connectivity index (χ1) is 6.72. The Morgan fingerprint density at radius 1 is 1.64 bits per heavy atom. The van der Waals surface area contributed by atoms with E-state index in [-0.39, 0.29) is 6.10 Å². The molecule has 1 heterocycles. The van der Waals surface area contributed by atoms with E-state index in [4.69, 9.17) is 0 Å². The van der Waals surface area contributed by atoms with Crippen LogP contribution in [0, 0.1) is 0 Å². The van der Waals surface area contributed by atoms with Crippen molar-refractivity contribution in [3.63, 3.8) is 0 Å². The molecule has 1 aromatic rings. The van der Waals surface area contributed by atoms with Gasteiger partial charge in [-0.25, -0.2) is 0 Å². The summed E-state index contributed by atoms with van der Waals surface area (Å²) in [4.78, 5) is 1.22. The largest absolute Gasteiger partial charge is 0.391 e. The lowest BCUT2D eigenvalue weighted by Crippen LogP contribution is -2.28. The molecule has 80 valence electrons. The molecule has 0 saturated heterocycles. The lowest BCUT2D eigenvalue weighted by molar-refractivity contribution is 0.173. The highest BCUT2D eigenvalue weighted by Crippen LogP contribution is 2.20. The molecular weight excluding hydrogens is 262 g/mol. The minimum Gasteiger partial charge on any atom is -0.391 e. The van der Waals surface area contributed by atoms with Gasteiger partial charge in [0.1, 0.15) is 0 Å². The monoisotopic (exact) mass is 277 g/mol. The topological polar surface area (TPSA) is 32.3 Å². The van der Waals surface area contributed by atoms with Gasteiger partial charge in [-0.2, -0.15) is 0 Å². The van der Waals surface area contributed by atoms with Crippen molar-refractivity contribution in [2.75, 3.05) is 13.1 Å². The summed E-state index contributed by atoms with van der Waals surface area (Å²) in [6.07, 6.45) is 1.58. The highest BCUT2D eigenvalue weighted by Gasteiger charge is 2.06. The minimum absolute atomic E-state index is 0.271. The summed E-state index contributed by atoms with van der Waals surface area (Å²) in [5.74, 6) is 0. The Balaban J connectivity index is 2.23. The van der Waals surface area contributed by atoms with E-state index >= 15 is 0 Å². The predicted octanol–water partition coefficient (Wildman–Crippen LogP) is 2.41. The Kier molecular flexibility index (Phi) is 5.70. The van der Waals surface area contributed by atoms with Gasteiger partial charge in [0.05, 0.1) is 6.10 Å². The van der Waals surface area contributed by atoms with Crippen LogP contribution >= 0.6 is 27.3 Å². The average Bonchev–Trinajstić information content (AvgIpc) is 2.52. The second-order valence-corrected chi connectivity index (χ2v) is 5.20. The van der Waals surface area contributed by atoms with Crippen molar-refractivity contribution in [1.82, 2.24) is 5.32 Å². The van der Waals surface area contributed by atoms with Gasteiger partial charge in [0, 0.05) is 27.7 Å². The van der Waals surface area contributed by atoms with E-state index in [2.05, 4.69) is 34.2 Å². The van der Waals surface area contributed by atoms with Crippen molar-refractivity contribution in [2.24, 2.45) is 0 Å². The normalized spacial score (nSPS) is 13.1. The second kappa shape index (κ2) is 6.56. The molecule has 1 unspecified atom stereocenters. The first-order valence-corrected chi connectivity index (χ1v) is 6.51. The van der Waals surface area contributed by atoms with Crippen molar-refractivity contribution in [3.8, 4) is 0 Å². The third-order valence-electron chi connectivity index (χ3n) is 1.87. The number of rotatable bonds is 6. The molecule has 1 rings (SSSR count). The van der Waals surface area contributed by atoms with E-state index in [9.17, 15) is 5.11 Å². The molecule has 2 N–H and O–H groups in total. The average molecular weight is 278 g/mol. The van der Waals surface area contributed by atoms with Gasteiger partial charge < -0.3 is 10.4 Å². The van der Waals surface area contributed by atoms with Gasteiger partial charge in [-0.15, -0.1) is 11.3 Å². The summed E-state index contributed by atoms with van der Waals surface area (Å²) in [6.45, 7) is 3.78. The Hall–Kier alpha value is 0.1000. The molecule has 2 nitrogen and oxygen atoms in total. The number of aliphatic hydroxyl groups excluding tert-OH is 1. The van der Waals surface area contributed by atoms with E-state index < -0.39 is 0 Å². The molecule has 4 heteroatoms. The van der Waals surface area contributed by atoms with E-state index in [1.54, 1.807) is 11.3 Å². The third kappa shape index (κ3) is 4.55. The molecule has 1 atom stereocenters. The first kappa shape index (κ1) is 12.2. The van der Waals surface area contributed by atoms with Gasteiger partial charge in [0.15, 0.2) is 0 Å². The molecule has 0 bridgehead atoms. The molecule has 14 heavy (non-hydrogen) atoms. The minimum atomic E-state index is -0.271. The maximum absolute atomic E-state index is 9.67. The van der Waals surface area contributed by atoms with E-state index in [0.717, 1.165) is 23.9 Å². The van der Waals surface area contributed by atoms with Crippen LogP contribution in [0.25, 0.3) is 0 Å². The van der Waals surface area contributed by atoms with Crippen LogP contribution in [-0.2, 0) is 6.42 Å². The number of thiophene rings is 1. The smallest absolute Gasteiger partial charge is 0.0712 e. The van der Waals surface area contributed by atoms with Crippen LogP contribution < -0.4 is 5.32 Å². The van der Waals surface area contributed by atoms with Crippen molar-refractivity contribution in [3.05, 3.63) is 20.8 Å². The van der Waals surface area contributed by atoms with Crippen molar-refractivity contribution in [1.29, 1.82) is 0 Å². The molecule has 0 aliphatic heterocycles. The molecule has 0 fully saturated rings. The van der Waals surface area contributed by atoms with Crippen molar-refractivity contribution >= 4 is 27.3 Å². The summed E-state index contributed by atoms with van der Waals surface area (Å²) in [6, 6.07) is 2.06. The molecule has 0 aliphatic rings. The standard InChI is InChI=1S/C10H16BrNOS/c1-2-3-12-6-9(13)5-10-4-8(11)7-14-10/h4,7,9,12-13H,2-3,5-6H2,1H3. The van der Waals surface area contributed by atoms with Gasteiger partial charge in [0.25, 0.3) is 0 Å². The van der Waals surface area contributed by atoms with Gasteiger partial charge in [0.2, 0.25) is 0 Å². The number of aliphatic hydroxyl groups is 1. The zero-order chi connectivity index (χ0) is 10.4. The molecule has 1 aromatic heterocycles. The van der Waals surface area contributed by atoms with Crippen LogP contribution in [0.15, 0.2) is 15.9 Å². The van der Waals surface area contributed by atoms with Crippen LogP contribution in [0.5, 0.6) is 0 Å². The third-order valence-corrected chi connectivity index (χ3v) is 3.59. The quantitative estimate of drug-likeness (QED) is 0.783. The Bertz CT molecular complexity index is 264. The second-order valence-electron chi connectivity index (χ2n) is 3.29. The molecule has 0 aromatic carbocycles. The Morgan fingerprint density at radius 2 is 2.43 bits per heavy atom. The summed E-state index contributed by atoms with van der Waals surface area (Å²) in [5.41, 5.74) is 0. The van der Waals surface area contributed by atoms with E-state index in [0.29, 0.717) is 6.54 Å². The van der Waals surface area contributed by atoms with Gasteiger partial charge >= 0.3 is 0 Å². The number of halogens is 1. The summed E-state index contributed by atoms with van der Waals surface area (Å²) in [5, 5.41) is 14.9. The van der Waals surface area contributed by atoms with Crippen LogP contribution in [0.3, 0.4) is 0 Å². The first-order valence-electron chi connectivity index (χ1n) is 4.84. The lowest BCUT2D eigenvalue weighted by atomic mass is 10.2. The van der Waals surface area contributed by atoms with Gasteiger partial charge in [-0.05, 0) is 35.0 Å². The van der Waals surface area contributed by atoms with Crippen molar-refractivity contribution < 1.29 is 5.11 Å². The van der Waals surface area contributed by atoms with Crippen LogP contribution in [0.1, 0.15) is 18.2 Å². The highest BCUT2D eigenvalue weighted by molar-refractivity contribution is 9.10.